The zero-order valence-electron chi connectivity index (χ0n) is 22.8. The zero-order valence-corrected chi connectivity index (χ0v) is 22.8. The van der Waals surface area contributed by atoms with Crippen molar-refractivity contribution in [3.05, 3.63) is 107 Å². The summed E-state index contributed by atoms with van der Waals surface area (Å²) in [5, 5.41) is 3.24. The molecule has 3 atom stereocenters. The molecule has 1 N–H and O–H groups in total. The maximum Gasteiger partial charge on any atom is 0.254 e. The fourth-order valence-electron chi connectivity index (χ4n) is 6.40. The average Bonchev–Trinajstić information content (AvgIpc) is 3.52. The molecule has 5 rings (SSSR count). The number of nitrogens with zero attached hydrogens (tertiary/aromatic N) is 1. The van der Waals surface area contributed by atoms with Crippen molar-refractivity contribution in [2.24, 2.45) is 5.92 Å². The van der Waals surface area contributed by atoms with Crippen LogP contribution in [-0.4, -0.2) is 22.8 Å². The van der Waals surface area contributed by atoms with Crippen molar-refractivity contribution in [2.75, 3.05) is 0 Å². The quantitative estimate of drug-likeness (QED) is 0.329. The molecule has 0 heterocycles. The van der Waals surface area contributed by atoms with E-state index in [2.05, 4.69) is 17.4 Å². The van der Waals surface area contributed by atoms with Crippen molar-refractivity contribution in [3.63, 3.8) is 0 Å². The lowest BCUT2D eigenvalue weighted by Gasteiger charge is -2.32. The van der Waals surface area contributed by atoms with Crippen LogP contribution in [0.2, 0.25) is 0 Å². The predicted octanol–water partition coefficient (Wildman–Crippen LogP) is 7.56. The first-order valence-corrected chi connectivity index (χ1v) is 14.5. The van der Waals surface area contributed by atoms with Crippen LogP contribution in [0.1, 0.15) is 97.3 Å². The van der Waals surface area contributed by atoms with Gasteiger partial charge in [0, 0.05) is 24.1 Å². The molecule has 2 aliphatic carbocycles. The maximum atomic E-state index is 13.7. The number of benzene rings is 3. The van der Waals surface area contributed by atoms with Gasteiger partial charge in [0.15, 0.2) is 0 Å². The number of carbonyl (C=O) groups is 2. The summed E-state index contributed by atoms with van der Waals surface area (Å²) < 4.78 is 13.5. The molecule has 2 amide bonds. The van der Waals surface area contributed by atoms with Gasteiger partial charge in [-0.2, -0.15) is 0 Å². The second-order valence-corrected chi connectivity index (χ2v) is 11.3. The average molecular weight is 527 g/mol. The monoisotopic (exact) mass is 526 g/mol. The molecule has 0 bridgehead atoms. The minimum Gasteiger partial charge on any atom is -0.349 e. The van der Waals surface area contributed by atoms with Gasteiger partial charge >= 0.3 is 0 Å². The third-order valence-corrected chi connectivity index (χ3v) is 8.64. The second kappa shape index (κ2) is 12.6. The number of hydrogen-bond donors (Lipinski definition) is 1. The Bertz CT molecular complexity index is 1240. The van der Waals surface area contributed by atoms with E-state index in [1.54, 1.807) is 12.1 Å². The van der Waals surface area contributed by atoms with Gasteiger partial charge in [0.05, 0.1) is 6.04 Å². The van der Waals surface area contributed by atoms with E-state index in [0.29, 0.717) is 12.1 Å². The molecule has 2 saturated carbocycles. The standard InChI is InChI=1S/C34H39FN2O2/c1-24(26-9-3-2-4-10-26)36-33(38)32-14-8-7-13-31(32)27-17-19-28(20-18-27)34(39)37(30-11-5-6-12-30)23-25-15-21-29(35)22-16-25/h2-4,9-10,15-22,24,30-32H,5-8,11-14,23H2,1H3,(H,36,38)/t24-,31+,32-/m0/s1. The molecule has 204 valence electrons. The van der Waals surface area contributed by atoms with Gasteiger partial charge in [0.25, 0.3) is 5.91 Å². The third-order valence-electron chi connectivity index (χ3n) is 8.64. The summed E-state index contributed by atoms with van der Waals surface area (Å²) in [5.41, 5.74) is 3.84. The largest absolute Gasteiger partial charge is 0.349 e. The van der Waals surface area contributed by atoms with Crippen LogP contribution in [0.5, 0.6) is 0 Å². The lowest BCUT2D eigenvalue weighted by atomic mass is 9.74. The highest BCUT2D eigenvalue weighted by molar-refractivity contribution is 5.94. The Hall–Kier alpha value is -3.47. The number of halogens is 1. The summed E-state index contributed by atoms with van der Waals surface area (Å²) in [6.45, 7) is 2.52. The predicted molar refractivity (Wildman–Crippen MR) is 153 cm³/mol. The normalized spacial score (nSPS) is 20.4. The molecular formula is C34H39FN2O2. The molecule has 3 aromatic carbocycles. The molecule has 0 unspecified atom stereocenters. The summed E-state index contributed by atoms with van der Waals surface area (Å²) in [5.74, 6) is -0.0523. The van der Waals surface area contributed by atoms with Crippen LogP contribution in [0.3, 0.4) is 0 Å². The van der Waals surface area contributed by atoms with Crippen LogP contribution in [0.25, 0.3) is 0 Å². The summed E-state index contributed by atoms with van der Waals surface area (Å²) >= 11 is 0. The van der Waals surface area contributed by atoms with Crippen LogP contribution in [0.15, 0.2) is 78.9 Å². The summed E-state index contributed by atoms with van der Waals surface area (Å²) in [7, 11) is 0. The van der Waals surface area contributed by atoms with Crippen LogP contribution < -0.4 is 5.32 Å². The SMILES string of the molecule is C[C@H](NC(=O)[C@H]1CCCC[C@@H]1c1ccc(C(=O)N(Cc2ccc(F)cc2)C2CCCC2)cc1)c1ccccc1. The molecule has 5 heteroatoms. The Balaban J connectivity index is 1.30. The number of hydrogen-bond acceptors (Lipinski definition) is 2. The van der Waals surface area contributed by atoms with Crippen molar-refractivity contribution >= 4 is 11.8 Å². The van der Waals surface area contributed by atoms with Crippen LogP contribution >= 0.6 is 0 Å². The summed E-state index contributed by atoms with van der Waals surface area (Å²) in [4.78, 5) is 29.1. The molecule has 0 spiro atoms. The first-order chi connectivity index (χ1) is 19.0. The van der Waals surface area contributed by atoms with E-state index in [1.807, 2.05) is 54.3 Å². The van der Waals surface area contributed by atoms with Gasteiger partial charge in [-0.05, 0) is 79.5 Å². The van der Waals surface area contributed by atoms with Gasteiger partial charge in [0.1, 0.15) is 5.82 Å². The fourth-order valence-corrected chi connectivity index (χ4v) is 6.40. The molecular weight excluding hydrogens is 487 g/mol. The molecule has 3 aromatic rings. The van der Waals surface area contributed by atoms with E-state index in [9.17, 15) is 14.0 Å². The van der Waals surface area contributed by atoms with Crippen LogP contribution in [-0.2, 0) is 11.3 Å². The first-order valence-electron chi connectivity index (χ1n) is 14.5. The highest BCUT2D eigenvalue weighted by atomic mass is 19.1. The molecule has 2 fully saturated rings. The number of rotatable bonds is 8. The molecule has 4 nitrogen and oxygen atoms in total. The van der Waals surface area contributed by atoms with Crippen molar-refractivity contribution in [1.29, 1.82) is 0 Å². The highest BCUT2D eigenvalue weighted by Gasteiger charge is 2.33. The first kappa shape index (κ1) is 27.1. The van der Waals surface area contributed by atoms with Crippen molar-refractivity contribution < 1.29 is 14.0 Å². The Morgan fingerprint density at radius 3 is 2.18 bits per heavy atom. The van der Waals surface area contributed by atoms with E-state index in [1.165, 1.54) is 12.1 Å². The van der Waals surface area contributed by atoms with Gasteiger partial charge in [0.2, 0.25) is 5.91 Å². The van der Waals surface area contributed by atoms with E-state index >= 15 is 0 Å². The topological polar surface area (TPSA) is 49.4 Å². The number of nitrogens with one attached hydrogen (secondary N) is 1. The molecule has 0 aliphatic heterocycles. The Morgan fingerprint density at radius 2 is 1.49 bits per heavy atom. The van der Waals surface area contributed by atoms with Gasteiger partial charge in [-0.25, -0.2) is 4.39 Å². The van der Waals surface area contributed by atoms with Gasteiger partial charge in [-0.3, -0.25) is 9.59 Å². The van der Waals surface area contributed by atoms with E-state index < -0.39 is 0 Å². The van der Waals surface area contributed by atoms with Crippen LogP contribution in [0.4, 0.5) is 4.39 Å². The Morgan fingerprint density at radius 1 is 0.846 bits per heavy atom. The minimum absolute atomic E-state index is 0.0207. The second-order valence-electron chi connectivity index (χ2n) is 11.3. The zero-order chi connectivity index (χ0) is 27.2. The third kappa shape index (κ3) is 6.58. The fraction of sp³-hybridized carbons (Fsp3) is 0.412. The van der Waals surface area contributed by atoms with E-state index in [0.717, 1.165) is 68.1 Å². The molecule has 0 saturated heterocycles. The Kier molecular flexibility index (Phi) is 8.75. The smallest absolute Gasteiger partial charge is 0.254 e. The lowest BCUT2D eigenvalue weighted by Crippen LogP contribution is -2.38. The van der Waals surface area contributed by atoms with Crippen molar-refractivity contribution in [3.8, 4) is 0 Å². The summed E-state index contributed by atoms with van der Waals surface area (Å²) in [6.07, 6.45) is 8.29. The van der Waals surface area contributed by atoms with Crippen molar-refractivity contribution in [2.45, 2.75) is 82.8 Å². The molecule has 0 radical (unpaired) electrons. The number of carbonyl (C=O) groups excluding carboxylic acids is 2. The molecule has 39 heavy (non-hydrogen) atoms. The highest BCUT2D eigenvalue weighted by Crippen LogP contribution is 2.38. The van der Waals surface area contributed by atoms with Gasteiger partial charge < -0.3 is 10.2 Å². The molecule has 2 aliphatic rings. The minimum atomic E-state index is -0.266. The van der Waals surface area contributed by atoms with Crippen molar-refractivity contribution in [1.82, 2.24) is 10.2 Å². The number of amides is 2. The molecule has 0 aromatic heterocycles. The maximum absolute atomic E-state index is 13.7. The van der Waals surface area contributed by atoms with Crippen LogP contribution in [0, 0.1) is 11.7 Å². The lowest BCUT2D eigenvalue weighted by molar-refractivity contribution is -0.127. The van der Waals surface area contributed by atoms with E-state index in [-0.39, 0.29) is 41.6 Å². The van der Waals surface area contributed by atoms with Gasteiger partial charge in [-0.1, -0.05) is 80.3 Å². The van der Waals surface area contributed by atoms with Gasteiger partial charge in [-0.15, -0.1) is 0 Å². The van der Waals surface area contributed by atoms with E-state index in [4.69, 9.17) is 0 Å². The summed E-state index contributed by atoms with van der Waals surface area (Å²) in [6, 6.07) is 24.6. The Labute approximate surface area is 231 Å².